The lowest BCUT2D eigenvalue weighted by atomic mass is 10.1. The number of thiophene rings is 1. The molecule has 0 aliphatic rings. The highest BCUT2D eigenvalue weighted by atomic mass is 79.9. The van der Waals surface area contributed by atoms with Crippen LogP contribution >= 0.6 is 38.9 Å². The molecule has 4 heteroatoms. The molecule has 19 heavy (non-hydrogen) atoms. The monoisotopic (exact) mass is 357 g/mol. The van der Waals surface area contributed by atoms with Crippen molar-refractivity contribution in [2.24, 2.45) is 0 Å². The molecule has 2 unspecified atom stereocenters. The van der Waals surface area contributed by atoms with Gasteiger partial charge in [-0.1, -0.05) is 29.8 Å². The SMILES string of the molecule is CC(Cc1ccccc1Cl)NC(C)c1ccc(Br)s1. The van der Waals surface area contributed by atoms with E-state index in [2.05, 4.69) is 53.3 Å². The zero-order valence-corrected chi connectivity index (χ0v) is 14.1. The van der Waals surface area contributed by atoms with Crippen molar-refractivity contribution in [1.82, 2.24) is 5.32 Å². The number of hydrogen-bond donors (Lipinski definition) is 1. The molecule has 0 saturated carbocycles. The number of halogens is 2. The van der Waals surface area contributed by atoms with Crippen molar-refractivity contribution in [3.63, 3.8) is 0 Å². The van der Waals surface area contributed by atoms with Gasteiger partial charge in [-0.2, -0.15) is 0 Å². The van der Waals surface area contributed by atoms with E-state index in [0.29, 0.717) is 12.1 Å². The number of rotatable bonds is 5. The van der Waals surface area contributed by atoms with E-state index in [4.69, 9.17) is 11.6 Å². The van der Waals surface area contributed by atoms with Crippen LogP contribution < -0.4 is 5.32 Å². The molecule has 2 atom stereocenters. The quantitative estimate of drug-likeness (QED) is 0.749. The Bertz CT molecular complexity index is 540. The first kappa shape index (κ1) is 15.0. The Morgan fingerprint density at radius 1 is 1.21 bits per heavy atom. The van der Waals surface area contributed by atoms with Gasteiger partial charge in [-0.05, 0) is 60.0 Å². The Balaban J connectivity index is 1.94. The Kier molecular flexibility index (Phi) is 5.46. The average Bonchev–Trinajstić information content (AvgIpc) is 2.79. The van der Waals surface area contributed by atoms with E-state index < -0.39 is 0 Å². The van der Waals surface area contributed by atoms with Gasteiger partial charge >= 0.3 is 0 Å². The van der Waals surface area contributed by atoms with E-state index in [-0.39, 0.29) is 0 Å². The van der Waals surface area contributed by atoms with Gasteiger partial charge in [-0.15, -0.1) is 11.3 Å². The summed E-state index contributed by atoms with van der Waals surface area (Å²) in [5.41, 5.74) is 1.20. The first-order valence-electron chi connectivity index (χ1n) is 6.31. The third-order valence-corrected chi connectivity index (χ3v) is 5.21. The van der Waals surface area contributed by atoms with Crippen LogP contribution in [0, 0.1) is 0 Å². The van der Waals surface area contributed by atoms with E-state index in [0.717, 1.165) is 11.4 Å². The Hall–Kier alpha value is -0.350. The van der Waals surface area contributed by atoms with Crippen LogP contribution in [0.1, 0.15) is 30.3 Å². The molecule has 102 valence electrons. The van der Waals surface area contributed by atoms with E-state index >= 15 is 0 Å². The Labute approximate surface area is 132 Å². The average molecular weight is 359 g/mol. The molecule has 0 aliphatic carbocycles. The summed E-state index contributed by atoms with van der Waals surface area (Å²) in [6.07, 6.45) is 0.941. The maximum absolute atomic E-state index is 6.19. The number of hydrogen-bond acceptors (Lipinski definition) is 2. The predicted octanol–water partition coefficient (Wildman–Crippen LogP) is 5.45. The molecule has 0 bridgehead atoms. The fourth-order valence-corrected chi connectivity index (χ4v) is 3.77. The van der Waals surface area contributed by atoms with Gasteiger partial charge in [-0.25, -0.2) is 0 Å². The van der Waals surface area contributed by atoms with Gasteiger partial charge in [0.15, 0.2) is 0 Å². The van der Waals surface area contributed by atoms with Crippen molar-refractivity contribution in [2.75, 3.05) is 0 Å². The van der Waals surface area contributed by atoms with Gasteiger partial charge < -0.3 is 5.32 Å². The lowest BCUT2D eigenvalue weighted by Gasteiger charge is -2.19. The zero-order valence-electron chi connectivity index (χ0n) is 11.0. The van der Waals surface area contributed by atoms with Gasteiger partial charge in [0, 0.05) is 22.0 Å². The number of nitrogens with one attached hydrogen (secondary N) is 1. The normalized spacial score (nSPS) is 14.3. The van der Waals surface area contributed by atoms with Crippen molar-refractivity contribution in [2.45, 2.75) is 32.4 Å². The molecular formula is C15H17BrClNS. The standard InChI is InChI=1S/C15H17BrClNS/c1-10(9-12-5-3-4-6-13(12)17)18-11(2)14-7-8-15(16)19-14/h3-8,10-11,18H,9H2,1-2H3. The maximum Gasteiger partial charge on any atom is 0.0701 e. The van der Waals surface area contributed by atoms with Gasteiger partial charge in [0.1, 0.15) is 0 Å². The highest BCUT2D eigenvalue weighted by Gasteiger charge is 2.12. The van der Waals surface area contributed by atoms with E-state index in [1.807, 2.05) is 18.2 Å². The summed E-state index contributed by atoms with van der Waals surface area (Å²) in [6.45, 7) is 4.39. The fraction of sp³-hybridized carbons (Fsp3) is 0.333. The smallest absolute Gasteiger partial charge is 0.0701 e. The summed E-state index contributed by atoms with van der Waals surface area (Å²) in [4.78, 5) is 1.35. The Morgan fingerprint density at radius 2 is 1.95 bits per heavy atom. The molecule has 2 rings (SSSR count). The second-order valence-electron chi connectivity index (χ2n) is 4.73. The second kappa shape index (κ2) is 6.89. The summed E-state index contributed by atoms with van der Waals surface area (Å²) < 4.78 is 1.18. The molecule has 0 amide bonds. The molecule has 0 saturated heterocycles. The van der Waals surface area contributed by atoms with E-state index in [9.17, 15) is 0 Å². The van der Waals surface area contributed by atoms with Crippen molar-refractivity contribution in [1.29, 1.82) is 0 Å². The van der Waals surface area contributed by atoms with Crippen LogP contribution in [0.3, 0.4) is 0 Å². The molecule has 1 N–H and O–H groups in total. The molecule has 1 aromatic heterocycles. The van der Waals surface area contributed by atoms with Crippen LogP contribution in [0.25, 0.3) is 0 Å². The number of benzene rings is 1. The first-order valence-corrected chi connectivity index (χ1v) is 8.29. The molecule has 1 nitrogen and oxygen atoms in total. The molecule has 1 heterocycles. The molecule has 0 spiro atoms. The van der Waals surface area contributed by atoms with Crippen LogP contribution in [-0.4, -0.2) is 6.04 Å². The van der Waals surface area contributed by atoms with Crippen LogP contribution in [0.4, 0.5) is 0 Å². The van der Waals surface area contributed by atoms with Crippen LogP contribution in [0.2, 0.25) is 5.02 Å². The third kappa shape index (κ3) is 4.32. The van der Waals surface area contributed by atoms with Crippen molar-refractivity contribution >= 4 is 38.9 Å². The molecule has 2 aromatic rings. The van der Waals surface area contributed by atoms with Crippen LogP contribution in [-0.2, 0) is 6.42 Å². The summed E-state index contributed by atoms with van der Waals surface area (Å²) in [6, 6.07) is 13.0. The fourth-order valence-electron chi connectivity index (χ4n) is 2.12. The molecule has 0 aliphatic heterocycles. The second-order valence-corrected chi connectivity index (χ2v) is 7.63. The lowest BCUT2D eigenvalue weighted by molar-refractivity contribution is 0.482. The van der Waals surface area contributed by atoms with Gasteiger partial charge in [0.25, 0.3) is 0 Å². The third-order valence-electron chi connectivity index (χ3n) is 3.04. The van der Waals surface area contributed by atoms with Gasteiger partial charge in [0.05, 0.1) is 3.79 Å². The first-order chi connectivity index (χ1) is 9.06. The van der Waals surface area contributed by atoms with Gasteiger partial charge in [0.2, 0.25) is 0 Å². The van der Waals surface area contributed by atoms with Crippen molar-refractivity contribution in [3.05, 3.63) is 55.6 Å². The molecular weight excluding hydrogens is 342 g/mol. The van der Waals surface area contributed by atoms with Crippen molar-refractivity contribution in [3.8, 4) is 0 Å². The Morgan fingerprint density at radius 3 is 2.58 bits per heavy atom. The minimum absolute atomic E-state index is 0.355. The summed E-state index contributed by atoms with van der Waals surface area (Å²) >= 11 is 11.5. The zero-order chi connectivity index (χ0) is 13.8. The molecule has 0 radical (unpaired) electrons. The van der Waals surface area contributed by atoms with Gasteiger partial charge in [-0.3, -0.25) is 0 Å². The predicted molar refractivity (Wildman–Crippen MR) is 88.2 cm³/mol. The minimum atomic E-state index is 0.355. The van der Waals surface area contributed by atoms with E-state index in [1.54, 1.807) is 11.3 Å². The summed E-state index contributed by atoms with van der Waals surface area (Å²) in [5.74, 6) is 0. The molecule has 0 fully saturated rings. The van der Waals surface area contributed by atoms with Crippen molar-refractivity contribution < 1.29 is 0 Å². The summed E-state index contributed by atoms with van der Waals surface area (Å²) in [7, 11) is 0. The van der Waals surface area contributed by atoms with Crippen LogP contribution in [0.5, 0.6) is 0 Å². The lowest BCUT2D eigenvalue weighted by Crippen LogP contribution is -2.30. The summed E-state index contributed by atoms with van der Waals surface area (Å²) in [5, 5.41) is 4.47. The minimum Gasteiger partial charge on any atom is -0.307 e. The highest BCUT2D eigenvalue weighted by molar-refractivity contribution is 9.11. The largest absolute Gasteiger partial charge is 0.307 e. The van der Waals surface area contributed by atoms with E-state index in [1.165, 1.54) is 14.2 Å². The maximum atomic E-state index is 6.19. The molecule has 1 aromatic carbocycles. The van der Waals surface area contributed by atoms with Crippen LogP contribution in [0.15, 0.2) is 40.2 Å². The highest BCUT2D eigenvalue weighted by Crippen LogP contribution is 2.27. The topological polar surface area (TPSA) is 12.0 Å².